The fourth-order valence-corrected chi connectivity index (χ4v) is 2.71. The lowest BCUT2D eigenvalue weighted by Crippen LogP contribution is -2.04. The summed E-state index contributed by atoms with van der Waals surface area (Å²) in [6.07, 6.45) is 2.01. The van der Waals surface area contributed by atoms with Crippen LogP contribution in [0.5, 0.6) is 0 Å². The number of aromatic nitrogens is 1. The summed E-state index contributed by atoms with van der Waals surface area (Å²) in [5, 5.41) is 0. The Bertz CT molecular complexity index is 801. The van der Waals surface area contributed by atoms with E-state index >= 15 is 0 Å². The molecule has 3 aromatic rings. The molecule has 0 fully saturated rings. The van der Waals surface area contributed by atoms with Gasteiger partial charge in [-0.25, -0.2) is 4.79 Å². The van der Waals surface area contributed by atoms with Gasteiger partial charge in [0.1, 0.15) is 0 Å². The van der Waals surface area contributed by atoms with Crippen LogP contribution < -0.4 is 0 Å². The highest BCUT2D eigenvalue weighted by Crippen LogP contribution is 2.34. The summed E-state index contributed by atoms with van der Waals surface area (Å²) in [6.45, 7) is 4.27. The van der Waals surface area contributed by atoms with Gasteiger partial charge >= 0.3 is 5.97 Å². The van der Waals surface area contributed by atoms with Gasteiger partial charge < -0.3 is 9.72 Å². The molecule has 0 saturated carbocycles. The zero-order chi connectivity index (χ0) is 16.2. The summed E-state index contributed by atoms with van der Waals surface area (Å²) in [5.74, 6) is -0.284. The number of carbonyl (C=O) groups is 1. The predicted octanol–water partition coefficient (Wildman–Crippen LogP) is 4.83. The molecular weight excluding hydrogens is 286 g/mol. The Kier molecular flexibility index (Phi) is 4.29. The first kappa shape index (κ1) is 15.1. The van der Waals surface area contributed by atoms with Crippen LogP contribution in [0.3, 0.4) is 0 Å². The molecule has 2 aromatic carbocycles. The molecule has 0 aliphatic carbocycles. The van der Waals surface area contributed by atoms with Gasteiger partial charge in [-0.3, -0.25) is 0 Å². The highest BCUT2D eigenvalue weighted by molar-refractivity contribution is 5.91. The van der Waals surface area contributed by atoms with Gasteiger partial charge in [-0.1, -0.05) is 42.5 Å². The van der Waals surface area contributed by atoms with Crippen LogP contribution in [0.2, 0.25) is 0 Å². The van der Waals surface area contributed by atoms with Gasteiger partial charge in [-0.05, 0) is 42.7 Å². The predicted molar refractivity (Wildman–Crippen MR) is 92.4 cm³/mol. The fourth-order valence-electron chi connectivity index (χ4n) is 2.71. The third kappa shape index (κ3) is 3.04. The molecule has 1 heterocycles. The standard InChI is InChI=1S/C20H19NO2/c1-3-23-20(22)17-11-9-15(10-12-17)18-14(2)13-21-19(18)16-7-5-4-6-8-16/h4-13,21H,3H2,1-2H3. The molecule has 3 heteroatoms. The van der Waals surface area contributed by atoms with E-state index in [1.807, 2.05) is 55.6 Å². The molecule has 0 saturated heterocycles. The molecule has 1 aromatic heterocycles. The Balaban J connectivity index is 2.00. The molecule has 0 spiro atoms. The highest BCUT2D eigenvalue weighted by Gasteiger charge is 2.13. The van der Waals surface area contributed by atoms with Crippen molar-refractivity contribution in [1.82, 2.24) is 4.98 Å². The van der Waals surface area contributed by atoms with Crippen LogP contribution in [0.25, 0.3) is 22.4 Å². The summed E-state index contributed by atoms with van der Waals surface area (Å²) in [6, 6.07) is 17.8. The smallest absolute Gasteiger partial charge is 0.338 e. The van der Waals surface area contributed by atoms with Crippen molar-refractivity contribution in [1.29, 1.82) is 0 Å². The molecule has 0 amide bonds. The minimum atomic E-state index is -0.284. The molecule has 0 unspecified atom stereocenters. The molecule has 0 aliphatic rings. The Morgan fingerprint density at radius 1 is 1.00 bits per heavy atom. The van der Waals surface area contributed by atoms with Crippen molar-refractivity contribution in [3.63, 3.8) is 0 Å². The van der Waals surface area contributed by atoms with E-state index in [-0.39, 0.29) is 5.97 Å². The number of aryl methyl sites for hydroxylation is 1. The Labute approximate surface area is 135 Å². The van der Waals surface area contributed by atoms with Gasteiger partial charge in [0, 0.05) is 11.8 Å². The molecular formula is C20H19NO2. The summed E-state index contributed by atoms with van der Waals surface area (Å²) in [4.78, 5) is 15.1. The lowest BCUT2D eigenvalue weighted by molar-refractivity contribution is 0.0526. The van der Waals surface area contributed by atoms with Crippen molar-refractivity contribution >= 4 is 5.97 Å². The minimum absolute atomic E-state index is 0.284. The van der Waals surface area contributed by atoms with Crippen molar-refractivity contribution < 1.29 is 9.53 Å². The lowest BCUT2D eigenvalue weighted by atomic mass is 9.97. The Hall–Kier alpha value is -2.81. The van der Waals surface area contributed by atoms with Crippen LogP contribution in [-0.2, 0) is 4.74 Å². The van der Waals surface area contributed by atoms with Crippen LogP contribution in [0.1, 0.15) is 22.8 Å². The Morgan fingerprint density at radius 3 is 2.35 bits per heavy atom. The molecule has 0 aliphatic heterocycles. The number of esters is 1. The minimum Gasteiger partial charge on any atom is -0.462 e. The number of hydrogen-bond donors (Lipinski definition) is 1. The third-order valence-electron chi connectivity index (χ3n) is 3.82. The molecule has 0 radical (unpaired) electrons. The van der Waals surface area contributed by atoms with Crippen LogP contribution in [0.4, 0.5) is 0 Å². The number of hydrogen-bond acceptors (Lipinski definition) is 2. The van der Waals surface area contributed by atoms with Crippen LogP contribution in [-0.4, -0.2) is 17.6 Å². The van der Waals surface area contributed by atoms with Gasteiger partial charge in [-0.2, -0.15) is 0 Å². The van der Waals surface area contributed by atoms with Crippen molar-refractivity contribution in [2.45, 2.75) is 13.8 Å². The first-order chi connectivity index (χ1) is 11.2. The topological polar surface area (TPSA) is 42.1 Å². The zero-order valence-electron chi connectivity index (χ0n) is 13.3. The van der Waals surface area contributed by atoms with Crippen molar-refractivity contribution in [2.24, 2.45) is 0 Å². The van der Waals surface area contributed by atoms with Gasteiger partial charge in [0.05, 0.1) is 17.9 Å². The van der Waals surface area contributed by atoms with E-state index in [4.69, 9.17) is 4.74 Å². The van der Waals surface area contributed by atoms with Crippen molar-refractivity contribution in [3.05, 3.63) is 71.9 Å². The summed E-state index contributed by atoms with van der Waals surface area (Å²) < 4.78 is 5.03. The van der Waals surface area contributed by atoms with E-state index in [1.54, 1.807) is 0 Å². The largest absolute Gasteiger partial charge is 0.462 e. The second-order valence-corrected chi connectivity index (χ2v) is 5.39. The van der Waals surface area contributed by atoms with Crippen molar-refractivity contribution in [3.8, 4) is 22.4 Å². The second-order valence-electron chi connectivity index (χ2n) is 5.39. The molecule has 23 heavy (non-hydrogen) atoms. The molecule has 3 nitrogen and oxygen atoms in total. The fraction of sp³-hybridized carbons (Fsp3) is 0.150. The van der Waals surface area contributed by atoms with E-state index in [0.717, 1.165) is 22.4 Å². The number of H-pyrrole nitrogens is 1. The van der Waals surface area contributed by atoms with E-state index in [9.17, 15) is 4.79 Å². The number of carbonyl (C=O) groups excluding carboxylic acids is 1. The summed E-state index contributed by atoms with van der Waals surface area (Å²) >= 11 is 0. The SMILES string of the molecule is CCOC(=O)c1ccc(-c2c(C)c[nH]c2-c2ccccc2)cc1. The average Bonchev–Trinajstić information content (AvgIpc) is 2.97. The zero-order valence-corrected chi connectivity index (χ0v) is 13.3. The van der Waals surface area contributed by atoms with Crippen LogP contribution in [0.15, 0.2) is 60.8 Å². The van der Waals surface area contributed by atoms with Gasteiger partial charge in [0.15, 0.2) is 0 Å². The monoisotopic (exact) mass is 305 g/mol. The molecule has 1 N–H and O–H groups in total. The number of nitrogens with one attached hydrogen (secondary N) is 1. The van der Waals surface area contributed by atoms with Gasteiger partial charge in [0.2, 0.25) is 0 Å². The first-order valence-electron chi connectivity index (χ1n) is 7.71. The normalized spacial score (nSPS) is 10.5. The molecule has 0 atom stereocenters. The summed E-state index contributed by atoms with van der Waals surface area (Å²) in [5.41, 5.74) is 6.22. The van der Waals surface area contributed by atoms with E-state index < -0.39 is 0 Å². The maximum absolute atomic E-state index is 11.8. The first-order valence-corrected chi connectivity index (χ1v) is 7.71. The number of benzene rings is 2. The number of rotatable bonds is 4. The maximum atomic E-state index is 11.8. The van der Waals surface area contributed by atoms with E-state index in [0.29, 0.717) is 12.2 Å². The van der Waals surface area contributed by atoms with E-state index in [1.165, 1.54) is 5.56 Å². The molecule has 3 rings (SSSR count). The number of aromatic amines is 1. The average molecular weight is 305 g/mol. The third-order valence-corrected chi connectivity index (χ3v) is 3.82. The van der Waals surface area contributed by atoms with Gasteiger partial charge in [0.25, 0.3) is 0 Å². The van der Waals surface area contributed by atoms with E-state index in [2.05, 4.69) is 24.0 Å². The molecule has 116 valence electrons. The van der Waals surface area contributed by atoms with Crippen molar-refractivity contribution in [2.75, 3.05) is 6.61 Å². The number of ether oxygens (including phenoxy) is 1. The Morgan fingerprint density at radius 2 is 1.70 bits per heavy atom. The maximum Gasteiger partial charge on any atom is 0.338 e. The quantitative estimate of drug-likeness (QED) is 0.701. The van der Waals surface area contributed by atoms with Crippen LogP contribution >= 0.6 is 0 Å². The lowest BCUT2D eigenvalue weighted by Gasteiger charge is -2.08. The van der Waals surface area contributed by atoms with Gasteiger partial charge in [-0.15, -0.1) is 0 Å². The highest BCUT2D eigenvalue weighted by atomic mass is 16.5. The second kappa shape index (κ2) is 6.53. The molecule has 0 bridgehead atoms. The van der Waals surface area contributed by atoms with Crippen LogP contribution in [0, 0.1) is 6.92 Å². The summed E-state index contributed by atoms with van der Waals surface area (Å²) in [7, 11) is 0.